The zero-order valence-electron chi connectivity index (χ0n) is 14.0. The third-order valence-electron chi connectivity index (χ3n) is 3.83. The van der Waals surface area contributed by atoms with Gasteiger partial charge in [-0.1, -0.05) is 11.6 Å². The van der Waals surface area contributed by atoms with Gasteiger partial charge in [-0.05, 0) is 18.6 Å². The number of aromatic hydroxyl groups is 1. The number of halogens is 1. The molecule has 26 heavy (non-hydrogen) atoms. The number of ether oxygens (including phenoxy) is 3. The van der Waals surface area contributed by atoms with Gasteiger partial charge < -0.3 is 19.3 Å². The highest BCUT2D eigenvalue weighted by atomic mass is 35.5. The SMILES string of the molecule is CCOC(=O)c1nn(CCC#N)c(O)c1Cc1cc2c(cc1Cl)OCO2. The van der Waals surface area contributed by atoms with Gasteiger partial charge in [0, 0.05) is 17.5 Å². The van der Waals surface area contributed by atoms with E-state index < -0.39 is 5.97 Å². The molecule has 1 aromatic heterocycles. The monoisotopic (exact) mass is 377 g/mol. The fourth-order valence-corrected chi connectivity index (χ4v) is 2.83. The van der Waals surface area contributed by atoms with Gasteiger partial charge in [-0.2, -0.15) is 10.4 Å². The first-order valence-electron chi connectivity index (χ1n) is 7.95. The molecule has 0 aliphatic carbocycles. The van der Waals surface area contributed by atoms with E-state index in [-0.39, 0.29) is 49.9 Å². The van der Waals surface area contributed by atoms with E-state index in [0.29, 0.717) is 22.1 Å². The first-order valence-corrected chi connectivity index (χ1v) is 8.33. The average molecular weight is 378 g/mol. The quantitative estimate of drug-likeness (QED) is 0.771. The van der Waals surface area contributed by atoms with Crippen molar-refractivity contribution in [2.45, 2.75) is 26.3 Å². The summed E-state index contributed by atoms with van der Waals surface area (Å²) in [7, 11) is 0. The van der Waals surface area contributed by atoms with E-state index in [1.165, 1.54) is 4.68 Å². The highest BCUT2D eigenvalue weighted by Gasteiger charge is 2.26. The van der Waals surface area contributed by atoms with Gasteiger partial charge in [-0.15, -0.1) is 0 Å². The summed E-state index contributed by atoms with van der Waals surface area (Å²) in [5.41, 5.74) is 0.912. The van der Waals surface area contributed by atoms with E-state index in [1.54, 1.807) is 19.1 Å². The Hall–Kier alpha value is -2.92. The third kappa shape index (κ3) is 3.39. The van der Waals surface area contributed by atoms with E-state index in [9.17, 15) is 9.90 Å². The molecule has 0 unspecified atom stereocenters. The van der Waals surface area contributed by atoms with E-state index in [0.717, 1.165) is 0 Å². The first-order chi connectivity index (χ1) is 12.5. The topological polar surface area (TPSA) is 107 Å². The smallest absolute Gasteiger partial charge is 0.359 e. The fourth-order valence-electron chi connectivity index (χ4n) is 2.61. The van der Waals surface area contributed by atoms with E-state index in [2.05, 4.69) is 5.10 Å². The number of nitriles is 1. The lowest BCUT2D eigenvalue weighted by Crippen LogP contribution is -2.09. The zero-order chi connectivity index (χ0) is 18.7. The third-order valence-corrected chi connectivity index (χ3v) is 4.19. The second kappa shape index (κ2) is 7.54. The zero-order valence-corrected chi connectivity index (χ0v) is 14.7. The largest absolute Gasteiger partial charge is 0.493 e. The van der Waals surface area contributed by atoms with Crippen molar-refractivity contribution < 1.29 is 24.1 Å². The van der Waals surface area contributed by atoms with Crippen LogP contribution in [0.4, 0.5) is 0 Å². The van der Waals surface area contributed by atoms with Crippen molar-refractivity contribution >= 4 is 17.6 Å². The van der Waals surface area contributed by atoms with Crippen molar-refractivity contribution in [1.82, 2.24) is 9.78 Å². The van der Waals surface area contributed by atoms with Crippen molar-refractivity contribution in [3.63, 3.8) is 0 Å². The van der Waals surface area contributed by atoms with Crippen LogP contribution in [0.15, 0.2) is 12.1 Å². The van der Waals surface area contributed by atoms with Crippen molar-refractivity contribution in [1.29, 1.82) is 5.26 Å². The van der Waals surface area contributed by atoms with Gasteiger partial charge in [-0.3, -0.25) is 0 Å². The molecule has 0 fully saturated rings. The van der Waals surface area contributed by atoms with Crippen LogP contribution >= 0.6 is 11.6 Å². The molecule has 0 amide bonds. The summed E-state index contributed by atoms with van der Waals surface area (Å²) < 4.78 is 16.8. The lowest BCUT2D eigenvalue weighted by Gasteiger charge is -2.07. The number of hydrogen-bond donors (Lipinski definition) is 1. The Balaban J connectivity index is 1.99. The average Bonchev–Trinajstić information content (AvgIpc) is 3.18. The summed E-state index contributed by atoms with van der Waals surface area (Å²) in [6, 6.07) is 5.30. The van der Waals surface area contributed by atoms with Crippen molar-refractivity contribution in [3.8, 4) is 23.4 Å². The van der Waals surface area contributed by atoms with Gasteiger partial charge in [0.25, 0.3) is 0 Å². The molecule has 0 bridgehead atoms. The minimum atomic E-state index is -0.648. The summed E-state index contributed by atoms with van der Waals surface area (Å²) >= 11 is 6.29. The number of nitrogens with zero attached hydrogens (tertiary/aromatic N) is 3. The van der Waals surface area contributed by atoms with Gasteiger partial charge in [0.05, 0.1) is 31.2 Å². The predicted octanol–water partition coefficient (Wildman–Crippen LogP) is 2.65. The molecule has 136 valence electrons. The Kier molecular flexibility index (Phi) is 5.19. The molecule has 1 N–H and O–H groups in total. The minimum absolute atomic E-state index is 0.00368. The minimum Gasteiger partial charge on any atom is -0.493 e. The molecule has 0 radical (unpaired) electrons. The number of fused-ring (bicyclic) bond motifs is 1. The summed E-state index contributed by atoms with van der Waals surface area (Å²) in [6.45, 7) is 2.12. The number of hydrogen-bond acceptors (Lipinski definition) is 7. The maximum Gasteiger partial charge on any atom is 0.359 e. The van der Waals surface area contributed by atoms with Crippen LogP contribution in [0.3, 0.4) is 0 Å². The summed E-state index contributed by atoms with van der Waals surface area (Å²) in [4.78, 5) is 12.2. The van der Waals surface area contributed by atoms with Crippen molar-refractivity contribution in [2.24, 2.45) is 0 Å². The first kappa shape index (κ1) is 17.9. The molecule has 1 aliphatic rings. The van der Waals surface area contributed by atoms with Crippen LogP contribution in [0.1, 0.15) is 35.0 Å². The Labute approximate surface area is 154 Å². The molecule has 0 saturated heterocycles. The lowest BCUT2D eigenvalue weighted by molar-refractivity contribution is 0.0517. The number of carbonyl (C=O) groups excluding carboxylic acids is 1. The molecule has 2 aromatic rings. The molecule has 3 rings (SSSR count). The lowest BCUT2D eigenvalue weighted by atomic mass is 10.0. The summed E-state index contributed by atoms with van der Waals surface area (Å²) in [5.74, 6) is 0.235. The van der Waals surface area contributed by atoms with Crippen LogP contribution in [-0.2, 0) is 17.7 Å². The molecule has 0 saturated carbocycles. The number of rotatable bonds is 6. The van der Waals surface area contributed by atoms with Gasteiger partial charge >= 0.3 is 5.97 Å². The maximum absolute atomic E-state index is 12.2. The van der Waals surface area contributed by atoms with Crippen LogP contribution in [0.2, 0.25) is 5.02 Å². The van der Waals surface area contributed by atoms with Gasteiger partial charge in [0.2, 0.25) is 12.7 Å². The molecule has 0 spiro atoms. The highest BCUT2D eigenvalue weighted by Crippen LogP contribution is 2.38. The molecule has 2 heterocycles. The van der Waals surface area contributed by atoms with Gasteiger partial charge in [-0.25, -0.2) is 9.48 Å². The molecule has 0 atom stereocenters. The molecular weight excluding hydrogens is 362 g/mol. The number of benzene rings is 1. The summed E-state index contributed by atoms with van der Waals surface area (Å²) in [6.07, 6.45) is 0.281. The standard InChI is InChI=1S/C17H16ClN3O5/c1-2-24-17(23)15-11(16(22)21(20-15)5-3-4-19)6-10-7-13-14(8-12(10)18)26-9-25-13/h7-8,22H,2-3,5-6,9H2,1H3. The molecule has 1 aromatic carbocycles. The Morgan fingerprint density at radius 2 is 2.19 bits per heavy atom. The number of aromatic nitrogens is 2. The molecule has 8 nitrogen and oxygen atoms in total. The van der Waals surface area contributed by atoms with Gasteiger partial charge in [0.1, 0.15) is 0 Å². The maximum atomic E-state index is 12.2. The molecular formula is C17H16ClN3O5. The van der Waals surface area contributed by atoms with Crippen LogP contribution in [0.5, 0.6) is 17.4 Å². The van der Waals surface area contributed by atoms with Crippen LogP contribution in [0, 0.1) is 11.3 Å². The molecule has 1 aliphatic heterocycles. The van der Waals surface area contributed by atoms with Crippen LogP contribution < -0.4 is 9.47 Å². The Bertz CT molecular complexity index is 887. The second-order valence-electron chi connectivity index (χ2n) is 5.48. The predicted molar refractivity (Wildman–Crippen MR) is 90.5 cm³/mol. The van der Waals surface area contributed by atoms with Crippen LogP contribution in [-0.4, -0.2) is 34.3 Å². The van der Waals surface area contributed by atoms with E-state index >= 15 is 0 Å². The number of esters is 1. The normalized spacial score (nSPS) is 12.0. The van der Waals surface area contributed by atoms with Crippen molar-refractivity contribution in [3.05, 3.63) is 34.0 Å². The number of aryl methyl sites for hydroxylation is 1. The van der Waals surface area contributed by atoms with E-state index in [1.807, 2.05) is 6.07 Å². The van der Waals surface area contributed by atoms with Crippen LogP contribution in [0.25, 0.3) is 0 Å². The van der Waals surface area contributed by atoms with Gasteiger partial charge in [0.15, 0.2) is 17.2 Å². The van der Waals surface area contributed by atoms with Crippen molar-refractivity contribution in [2.75, 3.05) is 13.4 Å². The fraction of sp³-hybridized carbons (Fsp3) is 0.353. The Morgan fingerprint density at radius 3 is 2.88 bits per heavy atom. The summed E-state index contributed by atoms with van der Waals surface area (Å²) in [5, 5.41) is 23.7. The Morgan fingerprint density at radius 1 is 1.46 bits per heavy atom. The second-order valence-corrected chi connectivity index (χ2v) is 5.88. The molecule has 9 heteroatoms. The highest BCUT2D eigenvalue weighted by molar-refractivity contribution is 6.31. The van der Waals surface area contributed by atoms with E-state index in [4.69, 9.17) is 31.1 Å². The number of carbonyl (C=O) groups is 1.